The average Bonchev–Trinajstić information content (AvgIpc) is 3.21. The molecule has 126 valence electrons. The van der Waals surface area contributed by atoms with E-state index in [-0.39, 0.29) is 6.10 Å². The Bertz CT molecular complexity index is 794. The third kappa shape index (κ3) is 3.19. The van der Waals surface area contributed by atoms with Gasteiger partial charge in [0.25, 0.3) is 0 Å². The van der Waals surface area contributed by atoms with Gasteiger partial charge in [-0.25, -0.2) is 9.97 Å². The standard InChI is InChI=1S/C17H21N5OS/c1-11(2)16-19-17(21-20-16)13-9-22(7-8-23-13)10-15-18-12-5-3-4-6-14(12)24-15/h3-6,11,13H,7-10H2,1-2H3,(H,19,20,21)/t13-/m1/s1. The van der Waals surface area contributed by atoms with Crippen molar-refractivity contribution in [2.75, 3.05) is 19.7 Å². The Balaban J connectivity index is 1.46. The number of benzene rings is 1. The number of morpholine rings is 1. The van der Waals surface area contributed by atoms with Crippen LogP contribution in [0.1, 0.15) is 42.5 Å². The summed E-state index contributed by atoms with van der Waals surface area (Å²) in [6.45, 7) is 7.46. The number of H-pyrrole nitrogens is 1. The van der Waals surface area contributed by atoms with Crippen LogP contribution in [-0.4, -0.2) is 44.8 Å². The highest BCUT2D eigenvalue weighted by Crippen LogP contribution is 2.25. The summed E-state index contributed by atoms with van der Waals surface area (Å²) in [4.78, 5) is 11.7. The molecule has 1 aromatic carbocycles. The smallest absolute Gasteiger partial charge is 0.155 e. The van der Waals surface area contributed by atoms with Gasteiger partial charge in [0.2, 0.25) is 0 Å². The molecule has 1 fully saturated rings. The second kappa shape index (κ2) is 6.58. The van der Waals surface area contributed by atoms with Gasteiger partial charge in [-0.3, -0.25) is 10.00 Å². The largest absolute Gasteiger partial charge is 0.368 e. The van der Waals surface area contributed by atoms with E-state index < -0.39 is 0 Å². The fraction of sp³-hybridized carbons (Fsp3) is 0.471. The summed E-state index contributed by atoms with van der Waals surface area (Å²) in [5.74, 6) is 1.99. The maximum absolute atomic E-state index is 5.89. The topological polar surface area (TPSA) is 66.9 Å². The minimum Gasteiger partial charge on any atom is -0.368 e. The Labute approximate surface area is 144 Å². The van der Waals surface area contributed by atoms with Gasteiger partial charge in [-0.05, 0) is 12.1 Å². The van der Waals surface area contributed by atoms with Crippen LogP contribution in [0.25, 0.3) is 10.2 Å². The van der Waals surface area contributed by atoms with Gasteiger partial charge in [-0.2, -0.15) is 5.10 Å². The lowest BCUT2D eigenvalue weighted by molar-refractivity contribution is -0.0370. The lowest BCUT2D eigenvalue weighted by atomic mass is 10.2. The molecular weight excluding hydrogens is 322 g/mol. The van der Waals surface area contributed by atoms with E-state index in [2.05, 4.69) is 52.1 Å². The Morgan fingerprint density at radius 3 is 3.00 bits per heavy atom. The fourth-order valence-corrected chi connectivity index (χ4v) is 3.89. The predicted octanol–water partition coefficient (Wildman–Crippen LogP) is 3.11. The number of thiazole rings is 1. The summed E-state index contributed by atoms with van der Waals surface area (Å²) in [6, 6.07) is 8.29. The van der Waals surface area contributed by atoms with Crippen LogP contribution < -0.4 is 0 Å². The van der Waals surface area contributed by atoms with Crippen molar-refractivity contribution in [2.45, 2.75) is 32.4 Å². The second-order valence-electron chi connectivity index (χ2n) is 6.40. The molecule has 0 radical (unpaired) electrons. The molecular formula is C17H21N5OS. The van der Waals surface area contributed by atoms with Crippen molar-refractivity contribution in [3.05, 3.63) is 40.9 Å². The lowest BCUT2D eigenvalue weighted by Crippen LogP contribution is -2.38. The van der Waals surface area contributed by atoms with E-state index in [1.165, 1.54) is 4.70 Å². The van der Waals surface area contributed by atoms with Crippen LogP contribution >= 0.6 is 11.3 Å². The van der Waals surface area contributed by atoms with Crippen molar-refractivity contribution in [1.29, 1.82) is 0 Å². The average molecular weight is 343 g/mol. The number of aromatic amines is 1. The van der Waals surface area contributed by atoms with E-state index in [0.717, 1.165) is 41.8 Å². The van der Waals surface area contributed by atoms with Crippen molar-refractivity contribution in [2.24, 2.45) is 0 Å². The maximum atomic E-state index is 5.89. The summed E-state index contributed by atoms with van der Waals surface area (Å²) >= 11 is 1.77. The van der Waals surface area contributed by atoms with Gasteiger partial charge in [0.1, 0.15) is 11.1 Å². The molecule has 6 nitrogen and oxygen atoms in total. The van der Waals surface area contributed by atoms with E-state index in [1.807, 2.05) is 6.07 Å². The molecule has 1 N–H and O–H groups in total. The number of hydrogen-bond donors (Lipinski definition) is 1. The number of ether oxygens (including phenoxy) is 1. The molecule has 1 atom stereocenters. The predicted molar refractivity (Wildman–Crippen MR) is 94.1 cm³/mol. The quantitative estimate of drug-likeness (QED) is 0.788. The first kappa shape index (κ1) is 15.7. The zero-order valence-electron chi connectivity index (χ0n) is 13.9. The number of rotatable bonds is 4. The van der Waals surface area contributed by atoms with E-state index in [1.54, 1.807) is 11.3 Å². The van der Waals surface area contributed by atoms with Crippen LogP contribution in [0.3, 0.4) is 0 Å². The number of hydrogen-bond acceptors (Lipinski definition) is 6. The van der Waals surface area contributed by atoms with E-state index >= 15 is 0 Å². The first-order valence-electron chi connectivity index (χ1n) is 8.29. The lowest BCUT2D eigenvalue weighted by Gasteiger charge is -2.31. The van der Waals surface area contributed by atoms with Crippen LogP contribution in [0, 0.1) is 0 Å². The van der Waals surface area contributed by atoms with Crippen molar-refractivity contribution in [3.63, 3.8) is 0 Å². The summed E-state index contributed by atoms with van der Waals surface area (Å²) in [6.07, 6.45) is -0.0480. The fourth-order valence-electron chi connectivity index (χ4n) is 2.88. The first-order chi connectivity index (χ1) is 11.7. The van der Waals surface area contributed by atoms with Crippen molar-refractivity contribution in [1.82, 2.24) is 25.1 Å². The first-order valence-corrected chi connectivity index (χ1v) is 9.11. The minimum absolute atomic E-state index is 0.0480. The van der Waals surface area contributed by atoms with Crippen molar-refractivity contribution in [3.8, 4) is 0 Å². The Morgan fingerprint density at radius 1 is 1.33 bits per heavy atom. The second-order valence-corrected chi connectivity index (χ2v) is 7.52. The van der Waals surface area contributed by atoms with Gasteiger partial charge in [0.05, 0.1) is 23.4 Å². The van der Waals surface area contributed by atoms with E-state index in [4.69, 9.17) is 9.72 Å². The van der Waals surface area contributed by atoms with Crippen molar-refractivity contribution < 1.29 is 4.74 Å². The van der Waals surface area contributed by atoms with Crippen LogP contribution in [0.5, 0.6) is 0 Å². The Hall–Kier alpha value is -1.83. The molecule has 1 aliphatic rings. The molecule has 3 aromatic rings. The molecule has 1 aliphatic heterocycles. The SMILES string of the molecule is CC(C)c1n[nH]c([C@H]2CN(Cc3nc4ccccc4s3)CCO2)n1. The molecule has 1 saturated heterocycles. The molecule has 0 saturated carbocycles. The van der Waals surface area contributed by atoms with E-state index in [0.29, 0.717) is 12.5 Å². The third-order valence-electron chi connectivity index (χ3n) is 4.19. The number of para-hydroxylation sites is 1. The molecule has 2 aromatic heterocycles. The van der Waals surface area contributed by atoms with Crippen LogP contribution in [0.15, 0.2) is 24.3 Å². The van der Waals surface area contributed by atoms with Gasteiger partial charge in [-0.1, -0.05) is 26.0 Å². The normalized spacial score (nSPS) is 19.4. The van der Waals surface area contributed by atoms with Gasteiger partial charge in [-0.15, -0.1) is 11.3 Å². The molecule has 0 amide bonds. The van der Waals surface area contributed by atoms with Crippen LogP contribution in [0.2, 0.25) is 0 Å². The highest BCUT2D eigenvalue weighted by atomic mass is 32.1. The maximum Gasteiger partial charge on any atom is 0.155 e. The minimum atomic E-state index is -0.0480. The highest BCUT2D eigenvalue weighted by Gasteiger charge is 2.26. The summed E-state index contributed by atoms with van der Waals surface area (Å²) in [5.41, 5.74) is 1.08. The molecule has 0 spiro atoms. The van der Waals surface area contributed by atoms with Crippen LogP contribution in [0.4, 0.5) is 0 Å². The molecule has 0 unspecified atom stereocenters. The summed E-state index contributed by atoms with van der Waals surface area (Å²) in [7, 11) is 0. The van der Waals surface area contributed by atoms with Gasteiger partial charge in [0, 0.05) is 19.0 Å². The Morgan fingerprint density at radius 2 is 2.21 bits per heavy atom. The molecule has 7 heteroatoms. The summed E-state index contributed by atoms with van der Waals surface area (Å²) in [5, 5.41) is 8.47. The number of aromatic nitrogens is 4. The Kier molecular flexibility index (Phi) is 4.30. The molecule has 24 heavy (non-hydrogen) atoms. The molecule has 0 aliphatic carbocycles. The summed E-state index contributed by atoms with van der Waals surface area (Å²) < 4.78 is 7.14. The molecule has 0 bridgehead atoms. The molecule has 3 heterocycles. The van der Waals surface area contributed by atoms with Gasteiger partial charge < -0.3 is 4.74 Å². The number of nitrogens with one attached hydrogen (secondary N) is 1. The van der Waals surface area contributed by atoms with Gasteiger partial charge in [0.15, 0.2) is 11.6 Å². The molecule has 4 rings (SSSR count). The number of nitrogens with zero attached hydrogens (tertiary/aromatic N) is 4. The number of fused-ring (bicyclic) bond motifs is 1. The van der Waals surface area contributed by atoms with Crippen molar-refractivity contribution >= 4 is 21.6 Å². The zero-order valence-corrected chi connectivity index (χ0v) is 14.7. The van der Waals surface area contributed by atoms with Crippen LogP contribution in [-0.2, 0) is 11.3 Å². The van der Waals surface area contributed by atoms with Gasteiger partial charge >= 0.3 is 0 Å². The monoisotopic (exact) mass is 343 g/mol. The highest BCUT2D eigenvalue weighted by molar-refractivity contribution is 7.18. The zero-order chi connectivity index (χ0) is 16.5. The third-order valence-corrected chi connectivity index (χ3v) is 5.21. The van der Waals surface area contributed by atoms with E-state index in [9.17, 15) is 0 Å².